The molecule has 9 heteroatoms. The summed E-state index contributed by atoms with van der Waals surface area (Å²) < 4.78 is 49.5. The minimum Gasteiger partial charge on any atom is -0.225 e. The molecule has 6 nitrogen and oxygen atoms in total. The Balaban J connectivity index is 2.29. The van der Waals surface area contributed by atoms with Gasteiger partial charge < -0.3 is 0 Å². The summed E-state index contributed by atoms with van der Waals surface area (Å²) in [7, 11) is -6.13. The fraction of sp³-hybridized carbons (Fsp3) is 0.143. The Hall–Kier alpha value is -1.26. The van der Waals surface area contributed by atoms with E-state index in [1.807, 2.05) is 24.3 Å². The monoisotopic (exact) mass is 418 g/mol. The summed E-state index contributed by atoms with van der Waals surface area (Å²) >= 11 is 3.38. The van der Waals surface area contributed by atoms with E-state index >= 15 is 0 Å². The Morgan fingerprint density at radius 1 is 0.957 bits per heavy atom. The number of nitrogens with two attached hydrogens (primary N) is 1. The maximum atomic E-state index is 12.5. The molecule has 0 atom stereocenters. The van der Waals surface area contributed by atoms with Crippen LogP contribution in [0.4, 0.5) is 0 Å². The van der Waals surface area contributed by atoms with Crippen molar-refractivity contribution < 1.29 is 16.8 Å². The van der Waals surface area contributed by atoms with Crippen molar-refractivity contribution in [2.75, 3.05) is 7.05 Å². The third kappa shape index (κ3) is 4.18. The minimum atomic E-state index is -3.85. The van der Waals surface area contributed by atoms with E-state index in [0.717, 1.165) is 10.0 Å². The van der Waals surface area contributed by atoms with Crippen molar-refractivity contribution in [1.29, 1.82) is 0 Å². The first-order valence-corrected chi connectivity index (χ1v) is 10.2. The molecule has 0 aliphatic carbocycles. The summed E-state index contributed by atoms with van der Waals surface area (Å²) in [5.74, 6) is 0. The van der Waals surface area contributed by atoms with E-state index in [9.17, 15) is 16.8 Å². The van der Waals surface area contributed by atoms with Gasteiger partial charge in [0, 0.05) is 18.1 Å². The van der Waals surface area contributed by atoms with E-state index in [1.165, 1.54) is 35.6 Å². The van der Waals surface area contributed by atoms with Crippen LogP contribution in [-0.4, -0.2) is 28.2 Å². The summed E-state index contributed by atoms with van der Waals surface area (Å²) in [5, 5.41) is 5.00. The van der Waals surface area contributed by atoms with Crippen molar-refractivity contribution in [2.24, 2.45) is 5.14 Å². The van der Waals surface area contributed by atoms with Gasteiger partial charge >= 0.3 is 0 Å². The third-order valence-electron chi connectivity index (χ3n) is 3.21. The van der Waals surface area contributed by atoms with E-state index in [-0.39, 0.29) is 16.3 Å². The number of hydrogen-bond acceptors (Lipinski definition) is 4. The second-order valence-corrected chi connectivity index (χ2v) is 9.33. The molecule has 0 saturated carbocycles. The molecule has 0 radical (unpaired) electrons. The standard InChI is InChI=1S/C14H15BrN2O4S2/c1-17(10-11-4-2-3-5-14(11)15)23(20,21)13-8-6-12(7-9-13)22(16,18)19/h2-9H,10H2,1H3,(H2,16,18,19). The van der Waals surface area contributed by atoms with Gasteiger partial charge in [-0.3, -0.25) is 0 Å². The van der Waals surface area contributed by atoms with Crippen molar-refractivity contribution in [3.63, 3.8) is 0 Å². The van der Waals surface area contributed by atoms with Gasteiger partial charge in [0.2, 0.25) is 20.0 Å². The van der Waals surface area contributed by atoms with Gasteiger partial charge in [-0.2, -0.15) is 4.31 Å². The van der Waals surface area contributed by atoms with Crippen LogP contribution in [-0.2, 0) is 26.6 Å². The molecule has 0 aliphatic rings. The smallest absolute Gasteiger partial charge is 0.225 e. The average Bonchev–Trinajstić information content (AvgIpc) is 2.48. The highest BCUT2D eigenvalue weighted by atomic mass is 79.9. The predicted molar refractivity (Wildman–Crippen MR) is 90.6 cm³/mol. The normalized spacial score (nSPS) is 12.5. The highest BCUT2D eigenvalue weighted by molar-refractivity contribution is 9.10. The molecular formula is C14H15BrN2O4S2. The zero-order valence-corrected chi connectivity index (χ0v) is 15.4. The zero-order valence-electron chi connectivity index (χ0n) is 12.2. The molecule has 2 rings (SSSR count). The molecule has 2 N–H and O–H groups in total. The molecule has 23 heavy (non-hydrogen) atoms. The molecule has 0 saturated heterocycles. The summed E-state index contributed by atoms with van der Waals surface area (Å²) in [5.41, 5.74) is 0.819. The number of rotatable bonds is 5. The van der Waals surface area contributed by atoms with Crippen molar-refractivity contribution >= 4 is 36.0 Å². The van der Waals surface area contributed by atoms with E-state index in [1.54, 1.807) is 0 Å². The molecule has 0 aliphatic heterocycles. The number of nitrogens with zero attached hydrogens (tertiary/aromatic N) is 1. The Morgan fingerprint density at radius 3 is 2.00 bits per heavy atom. The lowest BCUT2D eigenvalue weighted by Crippen LogP contribution is -2.26. The zero-order chi connectivity index (χ0) is 17.3. The number of sulfonamides is 2. The summed E-state index contributed by atoms with van der Waals surface area (Å²) in [6, 6.07) is 12.1. The highest BCUT2D eigenvalue weighted by Crippen LogP contribution is 2.22. The van der Waals surface area contributed by atoms with Gasteiger partial charge in [0.1, 0.15) is 0 Å². The van der Waals surface area contributed by atoms with Crippen LogP contribution in [0.2, 0.25) is 0 Å². The number of hydrogen-bond donors (Lipinski definition) is 1. The van der Waals surface area contributed by atoms with Crippen LogP contribution in [0.5, 0.6) is 0 Å². The molecule has 0 heterocycles. The second kappa shape index (κ2) is 6.70. The van der Waals surface area contributed by atoms with Crippen LogP contribution in [0.25, 0.3) is 0 Å². The van der Waals surface area contributed by atoms with Crippen LogP contribution in [0.1, 0.15) is 5.56 Å². The first-order valence-electron chi connectivity index (χ1n) is 6.45. The van der Waals surface area contributed by atoms with Gasteiger partial charge in [0.15, 0.2) is 0 Å². The van der Waals surface area contributed by atoms with E-state index < -0.39 is 20.0 Å². The molecule has 0 spiro atoms. The lowest BCUT2D eigenvalue weighted by Gasteiger charge is -2.18. The molecule has 0 fully saturated rings. The SMILES string of the molecule is CN(Cc1ccccc1Br)S(=O)(=O)c1ccc(S(N)(=O)=O)cc1. The lowest BCUT2D eigenvalue weighted by atomic mass is 10.2. The number of benzene rings is 2. The Labute approximate surface area is 144 Å². The third-order valence-corrected chi connectivity index (χ3v) is 6.73. The van der Waals surface area contributed by atoms with Crippen LogP contribution in [0.15, 0.2) is 62.8 Å². The first kappa shape index (κ1) is 18.1. The fourth-order valence-corrected chi connectivity index (χ4v) is 4.01. The van der Waals surface area contributed by atoms with Gasteiger partial charge in [-0.15, -0.1) is 0 Å². The van der Waals surface area contributed by atoms with E-state index in [2.05, 4.69) is 15.9 Å². The summed E-state index contributed by atoms with van der Waals surface area (Å²) in [6.07, 6.45) is 0. The van der Waals surface area contributed by atoms with Crippen LogP contribution in [0.3, 0.4) is 0 Å². The highest BCUT2D eigenvalue weighted by Gasteiger charge is 2.22. The van der Waals surface area contributed by atoms with Crippen LogP contribution < -0.4 is 5.14 Å². The summed E-state index contributed by atoms with van der Waals surface area (Å²) in [6.45, 7) is 0.181. The fourth-order valence-electron chi connectivity index (χ4n) is 1.93. The molecule has 0 unspecified atom stereocenters. The first-order chi connectivity index (χ1) is 10.6. The van der Waals surface area contributed by atoms with Crippen molar-refractivity contribution in [2.45, 2.75) is 16.3 Å². The molecule has 0 aromatic heterocycles. The number of primary sulfonamides is 1. The minimum absolute atomic E-state index is 0.000506. The largest absolute Gasteiger partial charge is 0.243 e. The van der Waals surface area contributed by atoms with Crippen LogP contribution >= 0.6 is 15.9 Å². The maximum Gasteiger partial charge on any atom is 0.243 e. The average molecular weight is 419 g/mol. The lowest BCUT2D eigenvalue weighted by molar-refractivity contribution is 0.466. The van der Waals surface area contributed by atoms with Crippen molar-refractivity contribution in [3.05, 3.63) is 58.6 Å². The van der Waals surface area contributed by atoms with Gasteiger partial charge in [-0.1, -0.05) is 34.1 Å². The number of halogens is 1. The van der Waals surface area contributed by atoms with Gasteiger partial charge in [-0.05, 0) is 35.9 Å². The van der Waals surface area contributed by atoms with Crippen LogP contribution in [0, 0.1) is 0 Å². The second-order valence-electron chi connectivity index (χ2n) is 4.87. The van der Waals surface area contributed by atoms with Gasteiger partial charge in [-0.25, -0.2) is 22.0 Å². The van der Waals surface area contributed by atoms with E-state index in [4.69, 9.17) is 5.14 Å². The Morgan fingerprint density at radius 2 is 1.48 bits per heavy atom. The molecule has 2 aromatic carbocycles. The molecule has 124 valence electrons. The van der Waals surface area contributed by atoms with Gasteiger partial charge in [0.25, 0.3) is 0 Å². The Kier molecular flexibility index (Phi) is 5.27. The molecule has 2 aromatic rings. The van der Waals surface area contributed by atoms with Gasteiger partial charge in [0.05, 0.1) is 9.79 Å². The van der Waals surface area contributed by atoms with E-state index in [0.29, 0.717) is 0 Å². The maximum absolute atomic E-state index is 12.5. The molecule has 0 bridgehead atoms. The van der Waals surface area contributed by atoms with Crippen molar-refractivity contribution in [3.8, 4) is 0 Å². The quantitative estimate of drug-likeness (QED) is 0.801. The molecule has 0 amide bonds. The summed E-state index contributed by atoms with van der Waals surface area (Å²) in [4.78, 5) is -0.135. The van der Waals surface area contributed by atoms with Crippen molar-refractivity contribution in [1.82, 2.24) is 4.31 Å². The Bertz CT molecular complexity index is 910. The predicted octanol–water partition coefficient (Wildman–Crippen LogP) is 1.92. The molecular weight excluding hydrogens is 404 g/mol. The topological polar surface area (TPSA) is 97.5 Å².